The summed E-state index contributed by atoms with van der Waals surface area (Å²) in [6, 6.07) is 4.50. The molecule has 0 heterocycles. The normalized spacial score (nSPS) is 12.9. The van der Waals surface area contributed by atoms with Crippen LogP contribution in [0.1, 0.15) is 51.7 Å². The summed E-state index contributed by atoms with van der Waals surface area (Å²) in [4.78, 5) is 0. The summed E-state index contributed by atoms with van der Waals surface area (Å²) < 4.78 is 39.1. The summed E-state index contributed by atoms with van der Waals surface area (Å²) in [5.74, 6) is 0.0785. The van der Waals surface area contributed by atoms with Crippen LogP contribution < -0.4 is 5.32 Å². The average Bonchev–Trinajstić information content (AvgIpc) is 2.13. The van der Waals surface area contributed by atoms with E-state index < -0.39 is 17.3 Å². The third-order valence-corrected chi connectivity index (χ3v) is 2.53. The Morgan fingerprint density at radius 3 is 2.00 bits per heavy atom. The first-order valence-electron chi connectivity index (χ1n) is 6.00. The van der Waals surface area contributed by atoms with Crippen molar-refractivity contribution in [1.29, 1.82) is 0 Å². The molecule has 0 aromatic heterocycles. The van der Waals surface area contributed by atoms with Gasteiger partial charge < -0.3 is 5.32 Å². The maximum absolute atomic E-state index is 13.0. The molecule has 0 radical (unpaired) electrons. The number of hydrogen-bond donors (Lipinski definition) is 1. The highest BCUT2D eigenvalue weighted by Gasteiger charge is 2.34. The maximum atomic E-state index is 13.0. The van der Waals surface area contributed by atoms with Gasteiger partial charge in [-0.15, -0.1) is 0 Å². The van der Waals surface area contributed by atoms with Crippen molar-refractivity contribution in [2.24, 2.45) is 0 Å². The average molecular weight is 259 g/mol. The highest BCUT2D eigenvalue weighted by atomic mass is 19.4. The Kier molecular flexibility index (Phi) is 3.99. The second-order valence-electron chi connectivity index (χ2n) is 5.83. The lowest BCUT2D eigenvalue weighted by atomic mass is 9.98. The predicted octanol–water partition coefficient (Wildman–Crippen LogP) is 5.04. The molecule has 0 unspecified atom stereocenters. The minimum absolute atomic E-state index is 0.0785. The molecule has 0 aliphatic carbocycles. The van der Waals surface area contributed by atoms with E-state index >= 15 is 0 Å². The molecule has 0 aliphatic heterocycles. The van der Waals surface area contributed by atoms with Crippen molar-refractivity contribution in [2.75, 3.05) is 5.32 Å². The first kappa shape index (κ1) is 14.9. The fraction of sp³-hybridized carbons (Fsp3) is 0.571. The molecule has 1 N–H and O–H groups in total. The van der Waals surface area contributed by atoms with Crippen molar-refractivity contribution >= 4 is 5.69 Å². The van der Waals surface area contributed by atoms with E-state index in [1.807, 2.05) is 34.6 Å². The fourth-order valence-corrected chi connectivity index (χ4v) is 1.67. The zero-order valence-electron chi connectivity index (χ0n) is 11.4. The Balaban J connectivity index is 3.26. The highest BCUT2D eigenvalue weighted by Crippen LogP contribution is 2.37. The smallest absolute Gasteiger partial charge is 0.380 e. The Morgan fingerprint density at radius 2 is 1.61 bits per heavy atom. The van der Waals surface area contributed by atoms with Gasteiger partial charge >= 0.3 is 6.18 Å². The molecule has 0 bridgehead atoms. The third kappa shape index (κ3) is 3.93. The van der Waals surface area contributed by atoms with Gasteiger partial charge in [0.15, 0.2) is 0 Å². The van der Waals surface area contributed by atoms with Crippen LogP contribution in [-0.4, -0.2) is 5.54 Å². The van der Waals surface area contributed by atoms with Crippen LogP contribution in [-0.2, 0) is 6.18 Å². The summed E-state index contributed by atoms with van der Waals surface area (Å²) >= 11 is 0. The lowest BCUT2D eigenvalue weighted by Crippen LogP contribution is -2.27. The van der Waals surface area contributed by atoms with E-state index in [1.165, 1.54) is 12.1 Å². The maximum Gasteiger partial charge on any atom is 0.418 e. The zero-order chi connectivity index (χ0) is 14.1. The molecule has 0 saturated carbocycles. The van der Waals surface area contributed by atoms with Crippen LogP contribution in [0, 0.1) is 0 Å². The summed E-state index contributed by atoms with van der Waals surface area (Å²) in [5.41, 5.74) is -0.163. The van der Waals surface area contributed by atoms with Crippen LogP contribution in [0.25, 0.3) is 0 Å². The number of benzene rings is 1. The van der Waals surface area contributed by atoms with Crippen LogP contribution in [0.3, 0.4) is 0 Å². The SMILES string of the molecule is CC(C)c1ccc(NC(C)(C)C)c(C(F)(F)F)c1. The summed E-state index contributed by atoms with van der Waals surface area (Å²) in [6.45, 7) is 9.27. The molecule has 1 aromatic rings. The van der Waals surface area contributed by atoms with Gasteiger partial charge in [-0.2, -0.15) is 13.2 Å². The molecule has 0 aliphatic rings. The lowest BCUT2D eigenvalue weighted by Gasteiger charge is -2.25. The van der Waals surface area contributed by atoms with Crippen LogP contribution in [0.5, 0.6) is 0 Å². The largest absolute Gasteiger partial charge is 0.418 e. The molecule has 1 rings (SSSR count). The van der Waals surface area contributed by atoms with Gasteiger partial charge in [0.25, 0.3) is 0 Å². The van der Waals surface area contributed by atoms with E-state index in [9.17, 15) is 13.2 Å². The molecule has 0 spiro atoms. The molecule has 102 valence electrons. The predicted molar refractivity (Wildman–Crippen MR) is 68.9 cm³/mol. The molecule has 0 fully saturated rings. The second-order valence-corrected chi connectivity index (χ2v) is 5.83. The Labute approximate surface area is 106 Å². The number of halogens is 3. The molecule has 0 amide bonds. The molecule has 1 aromatic carbocycles. The van der Waals surface area contributed by atoms with Crippen molar-refractivity contribution < 1.29 is 13.2 Å². The molecule has 4 heteroatoms. The van der Waals surface area contributed by atoms with Gasteiger partial charge in [0.2, 0.25) is 0 Å². The Bertz CT molecular complexity index is 414. The quantitative estimate of drug-likeness (QED) is 0.784. The summed E-state index contributed by atoms with van der Waals surface area (Å²) in [5, 5.41) is 2.90. The second kappa shape index (κ2) is 4.82. The van der Waals surface area contributed by atoms with E-state index in [4.69, 9.17) is 0 Å². The van der Waals surface area contributed by atoms with Crippen LogP contribution in [0.15, 0.2) is 18.2 Å². The first-order valence-corrected chi connectivity index (χ1v) is 6.00. The van der Waals surface area contributed by atoms with Crippen molar-refractivity contribution in [3.05, 3.63) is 29.3 Å². The lowest BCUT2D eigenvalue weighted by molar-refractivity contribution is -0.137. The van der Waals surface area contributed by atoms with Gasteiger partial charge in [-0.1, -0.05) is 19.9 Å². The number of rotatable bonds is 2. The van der Waals surface area contributed by atoms with Gasteiger partial charge in [-0.25, -0.2) is 0 Å². The molecule has 0 atom stereocenters. The number of hydrogen-bond acceptors (Lipinski definition) is 1. The first-order chi connectivity index (χ1) is 8.00. The van der Waals surface area contributed by atoms with E-state index in [1.54, 1.807) is 6.07 Å². The van der Waals surface area contributed by atoms with Crippen molar-refractivity contribution in [3.8, 4) is 0 Å². The Morgan fingerprint density at radius 1 is 1.06 bits per heavy atom. The van der Waals surface area contributed by atoms with Crippen LogP contribution in [0.2, 0.25) is 0 Å². The minimum Gasteiger partial charge on any atom is -0.380 e. The molecule has 18 heavy (non-hydrogen) atoms. The molecular weight excluding hydrogens is 239 g/mol. The monoisotopic (exact) mass is 259 g/mol. The third-order valence-electron chi connectivity index (χ3n) is 2.53. The van der Waals surface area contributed by atoms with Gasteiger partial charge in [-0.05, 0) is 44.4 Å². The van der Waals surface area contributed by atoms with Crippen LogP contribution in [0.4, 0.5) is 18.9 Å². The van der Waals surface area contributed by atoms with Crippen LogP contribution >= 0.6 is 0 Å². The topological polar surface area (TPSA) is 12.0 Å². The number of anilines is 1. The number of nitrogens with one attached hydrogen (secondary N) is 1. The zero-order valence-corrected chi connectivity index (χ0v) is 11.4. The fourth-order valence-electron chi connectivity index (χ4n) is 1.67. The Hall–Kier alpha value is -1.19. The minimum atomic E-state index is -4.33. The van der Waals surface area contributed by atoms with E-state index in [0.717, 1.165) is 0 Å². The summed E-state index contributed by atoms with van der Waals surface area (Å²) in [6.07, 6.45) is -4.33. The van der Waals surface area contributed by atoms with E-state index in [0.29, 0.717) is 5.56 Å². The van der Waals surface area contributed by atoms with E-state index in [-0.39, 0.29) is 11.6 Å². The molecule has 0 saturated heterocycles. The van der Waals surface area contributed by atoms with Crippen molar-refractivity contribution in [1.82, 2.24) is 0 Å². The molecule has 1 nitrogen and oxygen atoms in total. The molecular formula is C14H20F3N. The van der Waals surface area contributed by atoms with Gasteiger partial charge in [0, 0.05) is 11.2 Å². The number of alkyl halides is 3. The van der Waals surface area contributed by atoms with Gasteiger partial charge in [0.05, 0.1) is 5.56 Å². The summed E-state index contributed by atoms with van der Waals surface area (Å²) in [7, 11) is 0. The standard InChI is InChI=1S/C14H20F3N/c1-9(2)10-6-7-12(18-13(3,4)5)11(8-10)14(15,16)17/h6-9,18H,1-5H3. The van der Waals surface area contributed by atoms with E-state index in [2.05, 4.69) is 5.32 Å². The highest BCUT2D eigenvalue weighted by molar-refractivity contribution is 5.55. The van der Waals surface area contributed by atoms with Gasteiger partial charge in [0.1, 0.15) is 0 Å². The van der Waals surface area contributed by atoms with Gasteiger partial charge in [-0.3, -0.25) is 0 Å². The van der Waals surface area contributed by atoms with Crippen molar-refractivity contribution in [2.45, 2.75) is 52.3 Å². The van der Waals surface area contributed by atoms with Crippen molar-refractivity contribution in [3.63, 3.8) is 0 Å².